The smallest absolute Gasteiger partial charge is 0.255 e. The van der Waals surface area contributed by atoms with Crippen LogP contribution in [0.5, 0.6) is 5.75 Å². The van der Waals surface area contributed by atoms with Gasteiger partial charge in [0, 0.05) is 17.9 Å². The van der Waals surface area contributed by atoms with Crippen molar-refractivity contribution in [3.63, 3.8) is 0 Å². The van der Waals surface area contributed by atoms with Crippen molar-refractivity contribution in [2.45, 2.75) is 58.5 Å². The molecule has 1 heterocycles. The topological polar surface area (TPSA) is 47.6 Å². The van der Waals surface area contributed by atoms with Crippen LogP contribution in [0.4, 0.5) is 5.69 Å². The maximum atomic E-state index is 12.9. The van der Waals surface area contributed by atoms with Crippen LogP contribution in [-0.2, 0) is 4.74 Å². The lowest BCUT2D eigenvalue weighted by atomic mass is 9.92. The highest BCUT2D eigenvalue weighted by Crippen LogP contribution is 2.32. The van der Waals surface area contributed by atoms with Gasteiger partial charge in [0.1, 0.15) is 12.4 Å². The fourth-order valence-electron chi connectivity index (χ4n) is 3.55. The maximum absolute atomic E-state index is 12.9. The highest BCUT2D eigenvalue weighted by molar-refractivity contribution is 6.05. The molecule has 28 heavy (non-hydrogen) atoms. The monoisotopic (exact) mass is 381 g/mol. The van der Waals surface area contributed by atoms with E-state index < -0.39 is 0 Å². The van der Waals surface area contributed by atoms with E-state index >= 15 is 0 Å². The molecule has 2 aromatic rings. The van der Waals surface area contributed by atoms with Crippen molar-refractivity contribution in [3.05, 3.63) is 59.2 Å². The lowest BCUT2D eigenvalue weighted by Gasteiger charge is -2.20. The molecule has 0 saturated carbocycles. The summed E-state index contributed by atoms with van der Waals surface area (Å²) >= 11 is 0. The molecule has 1 aliphatic rings. The third-order valence-corrected chi connectivity index (χ3v) is 5.19. The number of hydrogen-bond acceptors (Lipinski definition) is 3. The average Bonchev–Trinajstić information content (AvgIpc) is 3.20. The standard InChI is InChI=1S/C24H31NO3/c1-16(2)21-8-5-9-22(17(3)4)23(21)25-24(26)18-10-12-19(13-11-18)28-15-20-7-6-14-27-20/h5,8-13,16-17,20H,6-7,14-15H2,1-4H3,(H,25,26)/t20-/m0/s1. The van der Waals surface area contributed by atoms with Crippen LogP contribution in [0.2, 0.25) is 0 Å². The van der Waals surface area contributed by atoms with Crippen molar-refractivity contribution in [1.82, 2.24) is 0 Å². The van der Waals surface area contributed by atoms with E-state index in [1.54, 1.807) is 0 Å². The fourth-order valence-corrected chi connectivity index (χ4v) is 3.55. The van der Waals surface area contributed by atoms with Crippen LogP contribution in [0.1, 0.15) is 73.9 Å². The predicted octanol–water partition coefficient (Wildman–Crippen LogP) is 5.74. The first kappa shape index (κ1) is 20.4. The molecule has 2 aromatic carbocycles. The van der Waals surface area contributed by atoms with Gasteiger partial charge in [-0.05, 0) is 60.1 Å². The van der Waals surface area contributed by atoms with Gasteiger partial charge < -0.3 is 14.8 Å². The van der Waals surface area contributed by atoms with Gasteiger partial charge in [0.2, 0.25) is 0 Å². The Bertz CT molecular complexity index is 764. The first-order valence-electron chi connectivity index (χ1n) is 10.2. The van der Waals surface area contributed by atoms with Gasteiger partial charge in [0.15, 0.2) is 0 Å². The normalized spacial score (nSPS) is 16.6. The van der Waals surface area contributed by atoms with Gasteiger partial charge in [-0.2, -0.15) is 0 Å². The molecule has 0 spiro atoms. The van der Waals surface area contributed by atoms with E-state index in [0.717, 1.165) is 42.0 Å². The molecule has 0 radical (unpaired) electrons. The summed E-state index contributed by atoms with van der Waals surface area (Å²) in [5.74, 6) is 1.34. The molecular weight excluding hydrogens is 350 g/mol. The van der Waals surface area contributed by atoms with Crippen LogP contribution in [0, 0.1) is 0 Å². The van der Waals surface area contributed by atoms with E-state index in [-0.39, 0.29) is 12.0 Å². The number of benzene rings is 2. The molecule has 4 nitrogen and oxygen atoms in total. The van der Waals surface area contributed by atoms with E-state index in [9.17, 15) is 4.79 Å². The second kappa shape index (κ2) is 9.24. The molecule has 1 aliphatic heterocycles. The predicted molar refractivity (Wildman–Crippen MR) is 113 cm³/mol. The van der Waals surface area contributed by atoms with Gasteiger partial charge in [-0.3, -0.25) is 4.79 Å². The van der Waals surface area contributed by atoms with Gasteiger partial charge in [0.05, 0.1) is 6.10 Å². The molecule has 1 N–H and O–H groups in total. The van der Waals surface area contributed by atoms with Crippen LogP contribution in [-0.4, -0.2) is 25.2 Å². The van der Waals surface area contributed by atoms with Gasteiger partial charge >= 0.3 is 0 Å². The average molecular weight is 382 g/mol. The Morgan fingerprint density at radius 2 is 1.71 bits per heavy atom. The van der Waals surface area contributed by atoms with E-state index in [1.807, 2.05) is 24.3 Å². The highest BCUT2D eigenvalue weighted by Gasteiger charge is 2.18. The summed E-state index contributed by atoms with van der Waals surface area (Å²) < 4.78 is 11.4. The van der Waals surface area contributed by atoms with Crippen molar-refractivity contribution in [3.8, 4) is 5.75 Å². The Balaban J connectivity index is 1.71. The van der Waals surface area contributed by atoms with Crippen LogP contribution < -0.4 is 10.1 Å². The molecule has 0 aliphatic carbocycles. The Hall–Kier alpha value is -2.33. The molecule has 3 rings (SSSR count). The molecule has 0 unspecified atom stereocenters. The highest BCUT2D eigenvalue weighted by atomic mass is 16.5. The summed E-state index contributed by atoms with van der Waals surface area (Å²) in [6.07, 6.45) is 2.34. The van der Waals surface area contributed by atoms with Crippen molar-refractivity contribution in [1.29, 1.82) is 0 Å². The second-order valence-electron chi connectivity index (χ2n) is 8.05. The maximum Gasteiger partial charge on any atom is 0.255 e. The Kier molecular flexibility index (Phi) is 6.74. The zero-order valence-electron chi connectivity index (χ0n) is 17.3. The first-order valence-corrected chi connectivity index (χ1v) is 10.2. The molecule has 1 amide bonds. The van der Waals surface area contributed by atoms with Gasteiger partial charge in [-0.15, -0.1) is 0 Å². The summed E-state index contributed by atoms with van der Waals surface area (Å²) in [6.45, 7) is 9.98. The zero-order valence-corrected chi connectivity index (χ0v) is 17.3. The minimum Gasteiger partial charge on any atom is -0.491 e. The lowest BCUT2D eigenvalue weighted by molar-refractivity contribution is 0.0679. The Morgan fingerprint density at radius 3 is 2.25 bits per heavy atom. The number of para-hydroxylation sites is 1. The molecule has 0 bridgehead atoms. The minimum atomic E-state index is -0.0966. The van der Waals surface area contributed by atoms with Crippen molar-refractivity contribution in [2.24, 2.45) is 0 Å². The molecule has 1 atom stereocenters. The fraction of sp³-hybridized carbons (Fsp3) is 0.458. The Morgan fingerprint density at radius 1 is 1.07 bits per heavy atom. The molecule has 1 saturated heterocycles. The van der Waals surface area contributed by atoms with Crippen molar-refractivity contribution < 1.29 is 14.3 Å². The number of hydrogen-bond donors (Lipinski definition) is 1. The van der Waals surface area contributed by atoms with Gasteiger partial charge in [0.25, 0.3) is 5.91 Å². The lowest BCUT2D eigenvalue weighted by Crippen LogP contribution is -2.17. The van der Waals surface area contributed by atoms with E-state index in [0.29, 0.717) is 24.0 Å². The summed E-state index contributed by atoms with van der Waals surface area (Å²) in [5, 5.41) is 3.15. The quantitative estimate of drug-likeness (QED) is 0.665. The van der Waals surface area contributed by atoms with Crippen molar-refractivity contribution in [2.75, 3.05) is 18.5 Å². The first-order chi connectivity index (χ1) is 13.5. The van der Waals surface area contributed by atoms with E-state index in [4.69, 9.17) is 9.47 Å². The van der Waals surface area contributed by atoms with Crippen LogP contribution in [0.25, 0.3) is 0 Å². The molecular formula is C24H31NO3. The second-order valence-corrected chi connectivity index (χ2v) is 8.05. The van der Waals surface area contributed by atoms with Crippen molar-refractivity contribution >= 4 is 11.6 Å². The van der Waals surface area contributed by atoms with E-state index in [2.05, 4.69) is 51.2 Å². The summed E-state index contributed by atoms with van der Waals surface area (Å²) in [4.78, 5) is 12.9. The number of nitrogens with one attached hydrogen (secondary N) is 1. The summed E-state index contributed by atoms with van der Waals surface area (Å²) in [6, 6.07) is 13.6. The van der Waals surface area contributed by atoms with E-state index in [1.165, 1.54) is 0 Å². The number of ether oxygens (including phenoxy) is 2. The number of amides is 1. The molecule has 4 heteroatoms. The minimum absolute atomic E-state index is 0.0966. The molecule has 150 valence electrons. The largest absolute Gasteiger partial charge is 0.491 e. The van der Waals surface area contributed by atoms with Crippen LogP contribution >= 0.6 is 0 Å². The Labute approximate surface area is 168 Å². The number of carbonyl (C=O) groups is 1. The molecule has 0 aromatic heterocycles. The number of carbonyl (C=O) groups excluding carboxylic acids is 1. The SMILES string of the molecule is CC(C)c1cccc(C(C)C)c1NC(=O)c1ccc(OC[C@@H]2CCCO2)cc1. The summed E-state index contributed by atoms with van der Waals surface area (Å²) in [5.41, 5.74) is 3.89. The third kappa shape index (κ3) is 4.93. The third-order valence-electron chi connectivity index (χ3n) is 5.19. The van der Waals surface area contributed by atoms with Gasteiger partial charge in [-0.25, -0.2) is 0 Å². The van der Waals surface area contributed by atoms with Crippen LogP contribution in [0.15, 0.2) is 42.5 Å². The zero-order chi connectivity index (χ0) is 20.1. The van der Waals surface area contributed by atoms with Crippen LogP contribution in [0.3, 0.4) is 0 Å². The summed E-state index contributed by atoms with van der Waals surface area (Å²) in [7, 11) is 0. The number of anilines is 1. The number of rotatable bonds is 7. The molecule has 1 fully saturated rings. The van der Waals surface area contributed by atoms with Gasteiger partial charge in [-0.1, -0.05) is 45.9 Å².